The predicted molar refractivity (Wildman–Crippen MR) is 70.1 cm³/mol. The van der Waals surface area contributed by atoms with Gasteiger partial charge >= 0.3 is 113 Å². The fourth-order valence-corrected chi connectivity index (χ4v) is 1.31. The zero-order valence-corrected chi connectivity index (χ0v) is 11.5. The standard InChI is InChI=1S/2C8H.Sn/c2*1-3-5-7-8-6-4-2;/h2*1H;. The van der Waals surface area contributed by atoms with Gasteiger partial charge in [0.25, 0.3) is 0 Å². The SMILES string of the molecule is C#CC#CC#CC#[C][Sn][C]#CC#CC#CC#C. The van der Waals surface area contributed by atoms with Crippen LogP contribution in [0, 0.1) is 91.8 Å². The summed E-state index contributed by atoms with van der Waals surface area (Å²) in [6.45, 7) is 0. The molecule has 0 bridgehead atoms. The van der Waals surface area contributed by atoms with Crippen LogP contribution in [0.5, 0.6) is 0 Å². The summed E-state index contributed by atoms with van der Waals surface area (Å²) < 4.78 is 5.76. The van der Waals surface area contributed by atoms with Gasteiger partial charge in [-0.2, -0.15) is 0 Å². The molecule has 1 heteroatoms. The van der Waals surface area contributed by atoms with Gasteiger partial charge in [-0.15, -0.1) is 0 Å². The molecule has 0 nitrogen and oxygen atoms in total. The number of rotatable bonds is 0. The summed E-state index contributed by atoms with van der Waals surface area (Å²) in [7, 11) is 0. The summed E-state index contributed by atoms with van der Waals surface area (Å²) in [6, 6.07) is 0. The van der Waals surface area contributed by atoms with Crippen molar-refractivity contribution >= 4 is 21.1 Å². The van der Waals surface area contributed by atoms with Gasteiger partial charge in [0.05, 0.1) is 0 Å². The van der Waals surface area contributed by atoms with Gasteiger partial charge < -0.3 is 0 Å². The summed E-state index contributed by atoms with van der Waals surface area (Å²) in [5.41, 5.74) is 0. The fourth-order valence-electron chi connectivity index (χ4n) is 0.416. The Labute approximate surface area is 113 Å². The minimum atomic E-state index is -1.03. The van der Waals surface area contributed by atoms with Crippen molar-refractivity contribution < 1.29 is 0 Å². The number of hydrogen-bond acceptors (Lipinski definition) is 0. The van der Waals surface area contributed by atoms with Crippen LogP contribution in [0.3, 0.4) is 0 Å². The van der Waals surface area contributed by atoms with E-state index in [-0.39, 0.29) is 0 Å². The second-order valence-corrected chi connectivity index (χ2v) is 4.05. The van der Waals surface area contributed by atoms with Crippen LogP contribution in [-0.4, -0.2) is 21.1 Å². The Balaban J connectivity index is 4.08. The minimum absolute atomic E-state index is 1.03. The molecule has 0 saturated heterocycles. The van der Waals surface area contributed by atoms with Crippen LogP contribution in [-0.2, 0) is 0 Å². The molecule has 0 aliphatic heterocycles. The molecule has 0 atom stereocenters. The van der Waals surface area contributed by atoms with Gasteiger partial charge in [-0.25, -0.2) is 0 Å². The van der Waals surface area contributed by atoms with Crippen molar-refractivity contribution in [2.24, 2.45) is 0 Å². The van der Waals surface area contributed by atoms with Crippen molar-refractivity contribution in [3.63, 3.8) is 0 Å². The van der Waals surface area contributed by atoms with E-state index in [0.717, 1.165) is 0 Å². The quantitative estimate of drug-likeness (QED) is 0.433. The third-order valence-corrected chi connectivity index (χ3v) is 2.32. The van der Waals surface area contributed by atoms with Crippen LogP contribution < -0.4 is 0 Å². The van der Waals surface area contributed by atoms with E-state index in [1.807, 2.05) is 0 Å². The van der Waals surface area contributed by atoms with Crippen LogP contribution in [0.2, 0.25) is 0 Å². The van der Waals surface area contributed by atoms with E-state index in [0.29, 0.717) is 0 Å². The van der Waals surface area contributed by atoms with Crippen molar-refractivity contribution in [3.05, 3.63) is 0 Å². The number of terminal acetylenes is 2. The van der Waals surface area contributed by atoms with Gasteiger partial charge in [-0.05, 0) is 0 Å². The zero-order chi connectivity index (χ0) is 12.6. The Kier molecular flexibility index (Phi) is 11.2. The first-order valence-electron chi connectivity index (χ1n) is 4.08. The summed E-state index contributed by atoms with van der Waals surface area (Å²) in [4.78, 5) is 0. The first-order chi connectivity index (χ1) is 8.41. The molecule has 0 fully saturated rings. The van der Waals surface area contributed by atoms with E-state index in [2.05, 4.69) is 78.9 Å². The van der Waals surface area contributed by atoms with Crippen molar-refractivity contribution in [2.75, 3.05) is 0 Å². The molecule has 0 aromatic rings. The second kappa shape index (κ2) is 13.3. The maximum absolute atomic E-state index is 4.90. The van der Waals surface area contributed by atoms with Crippen LogP contribution in [0.25, 0.3) is 0 Å². The average molecular weight is 313 g/mol. The fraction of sp³-hybridized carbons (Fsp3) is 0. The van der Waals surface area contributed by atoms with E-state index in [1.165, 1.54) is 0 Å². The van der Waals surface area contributed by atoms with Crippen molar-refractivity contribution in [1.82, 2.24) is 0 Å². The normalized spacial score (nSPS) is 4.12. The van der Waals surface area contributed by atoms with Gasteiger partial charge in [0, 0.05) is 0 Å². The molecule has 0 heterocycles. The third-order valence-electron chi connectivity index (χ3n) is 0.894. The Morgan fingerprint density at radius 2 is 0.824 bits per heavy atom. The molecule has 0 aromatic heterocycles. The Bertz CT molecular complexity index is 648. The molecule has 0 saturated carbocycles. The van der Waals surface area contributed by atoms with Crippen molar-refractivity contribution in [1.29, 1.82) is 0 Å². The first-order valence-corrected chi connectivity index (χ1v) is 6.93. The van der Waals surface area contributed by atoms with Gasteiger partial charge in [0.1, 0.15) is 0 Å². The van der Waals surface area contributed by atoms with Crippen LogP contribution in [0.4, 0.5) is 0 Å². The molecule has 0 aliphatic rings. The average Bonchev–Trinajstić information content (AvgIpc) is 2.35. The molecular formula is C16H2Sn. The molecule has 0 aliphatic carbocycles. The topological polar surface area (TPSA) is 0 Å². The van der Waals surface area contributed by atoms with E-state index in [9.17, 15) is 0 Å². The second-order valence-electron chi connectivity index (χ2n) is 1.91. The summed E-state index contributed by atoms with van der Waals surface area (Å²) in [5.74, 6) is 29.3. The Morgan fingerprint density at radius 3 is 1.24 bits per heavy atom. The van der Waals surface area contributed by atoms with E-state index in [1.54, 1.807) is 0 Å². The molecule has 0 rings (SSSR count). The summed E-state index contributed by atoms with van der Waals surface area (Å²) in [5, 5.41) is 0. The van der Waals surface area contributed by atoms with Gasteiger partial charge in [0.15, 0.2) is 0 Å². The Hall–Kier alpha value is -2.72. The molecular weight excluding hydrogens is 311 g/mol. The molecule has 0 amide bonds. The van der Waals surface area contributed by atoms with Gasteiger partial charge in [-0.3, -0.25) is 0 Å². The zero-order valence-electron chi connectivity index (χ0n) is 8.65. The molecule has 17 heavy (non-hydrogen) atoms. The predicted octanol–water partition coefficient (Wildman–Crippen LogP) is -0.108. The van der Waals surface area contributed by atoms with Crippen LogP contribution in [0.15, 0.2) is 0 Å². The van der Waals surface area contributed by atoms with Crippen LogP contribution in [0.1, 0.15) is 0 Å². The molecule has 70 valence electrons. The molecule has 2 radical (unpaired) electrons. The first kappa shape index (κ1) is 14.3. The maximum atomic E-state index is 4.90. The summed E-state index contributed by atoms with van der Waals surface area (Å²) >= 11 is -1.03. The van der Waals surface area contributed by atoms with E-state index >= 15 is 0 Å². The van der Waals surface area contributed by atoms with Crippen LogP contribution >= 0.6 is 0 Å². The molecule has 0 N–H and O–H groups in total. The van der Waals surface area contributed by atoms with Crippen molar-refractivity contribution in [2.45, 2.75) is 0 Å². The Morgan fingerprint density at radius 1 is 0.471 bits per heavy atom. The van der Waals surface area contributed by atoms with E-state index in [4.69, 9.17) is 12.8 Å². The molecule has 0 aromatic carbocycles. The molecule has 0 unspecified atom stereocenters. The molecule has 0 spiro atoms. The third kappa shape index (κ3) is 13.3. The van der Waals surface area contributed by atoms with Gasteiger partial charge in [0.2, 0.25) is 0 Å². The monoisotopic (exact) mass is 314 g/mol. The number of hydrogen-bond donors (Lipinski definition) is 0. The van der Waals surface area contributed by atoms with E-state index < -0.39 is 21.1 Å². The van der Waals surface area contributed by atoms with Crippen molar-refractivity contribution in [3.8, 4) is 91.8 Å². The summed E-state index contributed by atoms with van der Waals surface area (Å²) in [6.07, 6.45) is 9.79. The van der Waals surface area contributed by atoms with Gasteiger partial charge in [-0.1, -0.05) is 0 Å².